The Labute approximate surface area is 116 Å². The second-order valence-corrected chi connectivity index (χ2v) is 5.32. The Balaban J connectivity index is 2.27. The number of hydrogen-bond donors (Lipinski definition) is 0. The average molecular weight is 280 g/mol. The summed E-state index contributed by atoms with van der Waals surface area (Å²) in [6, 6.07) is 5.02. The summed E-state index contributed by atoms with van der Waals surface area (Å²) in [6.45, 7) is 5.39. The minimum atomic E-state index is -0.568. The molecule has 0 radical (unpaired) electrons. The maximum Gasteiger partial charge on any atom is 0.341 e. The van der Waals surface area contributed by atoms with Gasteiger partial charge in [-0.05, 0) is 39.0 Å². The summed E-state index contributed by atoms with van der Waals surface area (Å²) < 4.78 is 6.81. The van der Waals surface area contributed by atoms with Crippen LogP contribution in [-0.2, 0) is 4.74 Å². The molecule has 2 rings (SSSR count). The molecule has 0 aromatic carbocycles. The van der Waals surface area contributed by atoms with E-state index in [2.05, 4.69) is 10.1 Å². The van der Waals surface area contributed by atoms with Gasteiger partial charge in [-0.15, -0.1) is 0 Å². The third-order valence-electron chi connectivity index (χ3n) is 2.19. The number of carbonyl (C=O) groups is 1. The topological polar surface area (TPSA) is 57.0 Å². The quantitative estimate of drug-likeness (QED) is 0.626. The molecule has 19 heavy (non-hydrogen) atoms. The van der Waals surface area contributed by atoms with Crippen molar-refractivity contribution in [2.45, 2.75) is 26.4 Å². The summed E-state index contributed by atoms with van der Waals surface area (Å²) in [7, 11) is 0. The highest BCUT2D eigenvalue weighted by Crippen LogP contribution is 2.19. The van der Waals surface area contributed by atoms with Gasteiger partial charge in [0.2, 0.25) is 0 Å². The number of aromatic nitrogens is 3. The van der Waals surface area contributed by atoms with E-state index in [0.29, 0.717) is 5.82 Å². The summed E-state index contributed by atoms with van der Waals surface area (Å²) in [6.07, 6.45) is 3.38. The molecule has 2 heterocycles. The number of ether oxygens (including phenoxy) is 1. The van der Waals surface area contributed by atoms with Gasteiger partial charge < -0.3 is 4.74 Å². The van der Waals surface area contributed by atoms with Gasteiger partial charge in [-0.2, -0.15) is 5.10 Å². The zero-order valence-corrected chi connectivity index (χ0v) is 11.7. The molecule has 100 valence electrons. The molecule has 0 aliphatic carbocycles. The number of pyridine rings is 1. The van der Waals surface area contributed by atoms with Crippen LogP contribution in [0.5, 0.6) is 0 Å². The molecule has 2 aromatic rings. The van der Waals surface area contributed by atoms with Crippen LogP contribution in [0.4, 0.5) is 0 Å². The van der Waals surface area contributed by atoms with Crippen LogP contribution in [0.3, 0.4) is 0 Å². The van der Waals surface area contributed by atoms with Crippen molar-refractivity contribution in [2.75, 3.05) is 0 Å². The summed E-state index contributed by atoms with van der Waals surface area (Å²) in [4.78, 5) is 16.0. The van der Waals surface area contributed by atoms with E-state index < -0.39 is 11.6 Å². The predicted octanol–water partition coefficient (Wildman–Crippen LogP) is 2.88. The summed E-state index contributed by atoms with van der Waals surface area (Å²) >= 11 is 6.02. The van der Waals surface area contributed by atoms with E-state index in [-0.39, 0.29) is 10.7 Å². The van der Waals surface area contributed by atoms with Gasteiger partial charge in [0.25, 0.3) is 0 Å². The Morgan fingerprint density at radius 2 is 2.11 bits per heavy atom. The second kappa shape index (κ2) is 5.01. The molecule has 0 fully saturated rings. The van der Waals surface area contributed by atoms with Crippen LogP contribution in [0, 0.1) is 0 Å². The summed E-state index contributed by atoms with van der Waals surface area (Å²) in [5.41, 5.74) is -0.325. The van der Waals surface area contributed by atoms with E-state index in [9.17, 15) is 4.79 Å². The average Bonchev–Trinajstić information content (AvgIpc) is 2.79. The Hall–Kier alpha value is -1.88. The van der Waals surface area contributed by atoms with Gasteiger partial charge in [-0.3, -0.25) is 0 Å². The van der Waals surface area contributed by atoms with Gasteiger partial charge in [0.1, 0.15) is 10.8 Å². The van der Waals surface area contributed by atoms with Crippen LogP contribution in [-0.4, -0.2) is 26.3 Å². The van der Waals surface area contributed by atoms with Crippen molar-refractivity contribution in [3.05, 3.63) is 41.3 Å². The van der Waals surface area contributed by atoms with E-state index in [1.54, 1.807) is 56.0 Å². The molecule has 0 bridgehead atoms. The Morgan fingerprint density at radius 3 is 2.63 bits per heavy atom. The van der Waals surface area contributed by atoms with Gasteiger partial charge in [0.15, 0.2) is 5.82 Å². The van der Waals surface area contributed by atoms with E-state index >= 15 is 0 Å². The summed E-state index contributed by atoms with van der Waals surface area (Å²) in [5.74, 6) is 0.0549. The van der Waals surface area contributed by atoms with Gasteiger partial charge in [-0.1, -0.05) is 11.6 Å². The van der Waals surface area contributed by atoms with Crippen molar-refractivity contribution in [3.63, 3.8) is 0 Å². The van der Waals surface area contributed by atoms with Gasteiger partial charge in [0, 0.05) is 12.4 Å². The fourth-order valence-electron chi connectivity index (χ4n) is 1.44. The Kier molecular flexibility index (Phi) is 3.57. The van der Waals surface area contributed by atoms with Gasteiger partial charge >= 0.3 is 5.97 Å². The number of hydrogen-bond acceptors (Lipinski definition) is 4. The molecule has 5 nitrogen and oxygen atoms in total. The molecule has 0 atom stereocenters. The van der Waals surface area contributed by atoms with Crippen molar-refractivity contribution in [1.82, 2.24) is 14.8 Å². The number of nitrogens with zero attached hydrogens (tertiary/aromatic N) is 3. The molecular weight excluding hydrogens is 266 g/mol. The molecule has 2 aromatic heterocycles. The molecule has 0 amide bonds. The monoisotopic (exact) mass is 279 g/mol. The molecule has 0 saturated carbocycles. The summed E-state index contributed by atoms with van der Waals surface area (Å²) in [5, 5.41) is 4.14. The number of rotatable bonds is 2. The molecule has 0 aliphatic rings. The fourth-order valence-corrected chi connectivity index (χ4v) is 1.67. The molecule has 0 saturated heterocycles. The molecule has 6 heteroatoms. The molecular formula is C13H14ClN3O2. The highest BCUT2D eigenvalue weighted by molar-refractivity contribution is 6.32. The van der Waals surface area contributed by atoms with Crippen LogP contribution in [0.1, 0.15) is 31.1 Å². The third kappa shape index (κ3) is 3.32. The van der Waals surface area contributed by atoms with E-state index in [1.165, 1.54) is 0 Å². The highest BCUT2D eigenvalue weighted by atomic mass is 35.5. The van der Waals surface area contributed by atoms with Crippen LogP contribution >= 0.6 is 11.6 Å². The lowest BCUT2D eigenvalue weighted by Crippen LogP contribution is -2.24. The molecule has 0 unspecified atom stereocenters. The minimum Gasteiger partial charge on any atom is -0.456 e. The van der Waals surface area contributed by atoms with Crippen molar-refractivity contribution in [1.29, 1.82) is 0 Å². The van der Waals surface area contributed by atoms with E-state index in [1.807, 2.05) is 0 Å². The van der Waals surface area contributed by atoms with E-state index in [4.69, 9.17) is 16.3 Å². The van der Waals surface area contributed by atoms with Crippen molar-refractivity contribution in [2.24, 2.45) is 0 Å². The lowest BCUT2D eigenvalue weighted by atomic mass is 10.2. The first-order valence-electron chi connectivity index (χ1n) is 5.77. The Bertz CT molecular complexity index is 588. The lowest BCUT2D eigenvalue weighted by molar-refractivity contribution is 0.00693. The zero-order chi connectivity index (χ0) is 14.0. The third-order valence-corrected chi connectivity index (χ3v) is 2.48. The fraction of sp³-hybridized carbons (Fsp3) is 0.308. The van der Waals surface area contributed by atoms with Crippen molar-refractivity contribution in [3.8, 4) is 5.82 Å². The van der Waals surface area contributed by atoms with Crippen LogP contribution in [0.25, 0.3) is 5.82 Å². The standard InChI is InChI=1S/C13H14ClN3O2/c1-13(2,3)19-12(18)9-5-6-10(16-11(9)14)17-8-4-7-15-17/h4-8H,1-3H3. The SMILES string of the molecule is CC(C)(C)OC(=O)c1ccc(-n2cccn2)nc1Cl. The molecule has 0 spiro atoms. The first-order valence-corrected chi connectivity index (χ1v) is 6.14. The normalized spacial score (nSPS) is 11.4. The van der Waals surface area contributed by atoms with Crippen LogP contribution in [0.15, 0.2) is 30.6 Å². The van der Waals surface area contributed by atoms with Crippen LogP contribution in [0.2, 0.25) is 5.15 Å². The lowest BCUT2D eigenvalue weighted by Gasteiger charge is -2.19. The second-order valence-electron chi connectivity index (χ2n) is 4.96. The smallest absolute Gasteiger partial charge is 0.341 e. The van der Waals surface area contributed by atoms with Crippen molar-refractivity contribution >= 4 is 17.6 Å². The predicted molar refractivity (Wildman–Crippen MR) is 71.5 cm³/mol. The number of esters is 1. The van der Waals surface area contributed by atoms with Gasteiger partial charge in [0.05, 0.1) is 5.56 Å². The largest absolute Gasteiger partial charge is 0.456 e. The highest BCUT2D eigenvalue weighted by Gasteiger charge is 2.20. The van der Waals surface area contributed by atoms with Crippen LogP contribution < -0.4 is 0 Å². The first kappa shape index (κ1) is 13.5. The van der Waals surface area contributed by atoms with Crippen molar-refractivity contribution < 1.29 is 9.53 Å². The first-order chi connectivity index (χ1) is 8.87. The zero-order valence-electron chi connectivity index (χ0n) is 10.9. The maximum absolute atomic E-state index is 11.9. The van der Waals surface area contributed by atoms with E-state index in [0.717, 1.165) is 0 Å². The molecule has 0 aliphatic heterocycles. The minimum absolute atomic E-state index is 0.0993. The molecule has 0 N–H and O–H groups in total. The van der Waals surface area contributed by atoms with Gasteiger partial charge in [-0.25, -0.2) is 14.5 Å². The number of carbonyl (C=O) groups excluding carboxylic acids is 1. The maximum atomic E-state index is 11.9. The number of halogens is 1. The Morgan fingerprint density at radius 1 is 1.37 bits per heavy atom.